The van der Waals surface area contributed by atoms with Gasteiger partial charge in [0.2, 0.25) is 0 Å². The minimum Gasteiger partial charge on any atom is -0.481 e. The molecule has 0 saturated carbocycles. The average molecular weight is 296 g/mol. The standard InChI is InChI=1S/C20H24O2/c1-3-20(4-2,17-13-9-6-10-14-17)18(19(21)22)15-16-11-7-5-8-12-16/h5-14,18H,3-4,15H2,1-2H3,(H,21,22). The van der Waals surface area contributed by atoms with Gasteiger partial charge in [0.25, 0.3) is 0 Å². The van der Waals surface area contributed by atoms with Gasteiger partial charge in [-0.3, -0.25) is 4.79 Å². The fourth-order valence-electron chi connectivity index (χ4n) is 3.49. The van der Waals surface area contributed by atoms with Crippen LogP contribution in [0.25, 0.3) is 0 Å². The lowest BCUT2D eigenvalue weighted by molar-refractivity contribution is -0.144. The summed E-state index contributed by atoms with van der Waals surface area (Å²) in [6, 6.07) is 20.0. The zero-order chi connectivity index (χ0) is 16.0. The van der Waals surface area contributed by atoms with Crippen molar-refractivity contribution < 1.29 is 9.90 Å². The molecule has 1 atom stereocenters. The number of benzene rings is 2. The van der Waals surface area contributed by atoms with E-state index in [-0.39, 0.29) is 5.41 Å². The molecule has 2 nitrogen and oxygen atoms in total. The molecule has 0 amide bonds. The summed E-state index contributed by atoms with van der Waals surface area (Å²) in [7, 11) is 0. The van der Waals surface area contributed by atoms with Gasteiger partial charge in [0.05, 0.1) is 5.92 Å². The summed E-state index contributed by atoms with van der Waals surface area (Å²) in [6.07, 6.45) is 2.20. The van der Waals surface area contributed by atoms with Gasteiger partial charge >= 0.3 is 5.97 Å². The van der Waals surface area contributed by atoms with Crippen molar-refractivity contribution in [2.24, 2.45) is 5.92 Å². The molecule has 2 aromatic rings. The molecule has 2 rings (SSSR count). The summed E-state index contributed by atoms with van der Waals surface area (Å²) in [5, 5.41) is 9.89. The lowest BCUT2D eigenvalue weighted by Gasteiger charge is -2.38. The maximum absolute atomic E-state index is 12.0. The fourth-order valence-corrected chi connectivity index (χ4v) is 3.49. The summed E-state index contributed by atoms with van der Waals surface area (Å²) in [4.78, 5) is 12.0. The van der Waals surface area contributed by atoms with E-state index in [1.54, 1.807) is 0 Å². The van der Waals surface area contributed by atoms with Crippen LogP contribution < -0.4 is 0 Å². The van der Waals surface area contributed by atoms with Crippen LogP contribution in [0.2, 0.25) is 0 Å². The van der Waals surface area contributed by atoms with E-state index in [4.69, 9.17) is 0 Å². The van der Waals surface area contributed by atoms with Crippen molar-refractivity contribution in [1.29, 1.82) is 0 Å². The minimum absolute atomic E-state index is 0.330. The van der Waals surface area contributed by atoms with Crippen LogP contribution in [0, 0.1) is 5.92 Å². The first-order valence-electron chi connectivity index (χ1n) is 7.96. The van der Waals surface area contributed by atoms with Crippen molar-refractivity contribution in [1.82, 2.24) is 0 Å². The molecular weight excluding hydrogens is 272 g/mol. The van der Waals surface area contributed by atoms with E-state index in [1.165, 1.54) is 0 Å². The van der Waals surface area contributed by atoms with E-state index < -0.39 is 11.9 Å². The third kappa shape index (κ3) is 3.22. The first-order valence-corrected chi connectivity index (χ1v) is 7.96. The highest BCUT2D eigenvalue weighted by molar-refractivity contribution is 5.73. The lowest BCUT2D eigenvalue weighted by atomic mass is 9.65. The molecule has 0 spiro atoms. The van der Waals surface area contributed by atoms with Gasteiger partial charge in [-0.2, -0.15) is 0 Å². The van der Waals surface area contributed by atoms with Crippen molar-refractivity contribution in [3.05, 3.63) is 71.8 Å². The molecule has 1 unspecified atom stereocenters. The normalized spacial score (nSPS) is 12.8. The van der Waals surface area contributed by atoms with Crippen LogP contribution in [0.5, 0.6) is 0 Å². The Morgan fingerprint density at radius 3 is 1.91 bits per heavy atom. The molecule has 2 aromatic carbocycles. The predicted molar refractivity (Wildman–Crippen MR) is 90.0 cm³/mol. The van der Waals surface area contributed by atoms with Gasteiger partial charge in [-0.15, -0.1) is 0 Å². The molecule has 0 aliphatic carbocycles. The Hall–Kier alpha value is -2.09. The highest BCUT2D eigenvalue weighted by atomic mass is 16.4. The Labute approximate surface area is 132 Å². The molecule has 22 heavy (non-hydrogen) atoms. The number of carbonyl (C=O) groups is 1. The van der Waals surface area contributed by atoms with Crippen LogP contribution in [0.3, 0.4) is 0 Å². The van der Waals surface area contributed by atoms with Crippen LogP contribution in [-0.2, 0) is 16.6 Å². The fraction of sp³-hybridized carbons (Fsp3) is 0.350. The minimum atomic E-state index is -0.712. The Bertz CT molecular complexity index is 586. The second-order valence-corrected chi connectivity index (χ2v) is 5.81. The number of hydrogen-bond donors (Lipinski definition) is 1. The topological polar surface area (TPSA) is 37.3 Å². The summed E-state index contributed by atoms with van der Waals surface area (Å²) >= 11 is 0. The zero-order valence-electron chi connectivity index (χ0n) is 13.3. The van der Waals surface area contributed by atoms with Crippen molar-refractivity contribution in [3.8, 4) is 0 Å². The van der Waals surface area contributed by atoms with Gasteiger partial charge in [-0.05, 0) is 30.4 Å². The van der Waals surface area contributed by atoms with Gasteiger partial charge in [-0.1, -0.05) is 74.5 Å². The lowest BCUT2D eigenvalue weighted by Crippen LogP contribution is -2.40. The Morgan fingerprint density at radius 2 is 1.45 bits per heavy atom. The largest absolute Gasteiger partial charge is 0.481 e. The highest BCUT2D eigenvalue weighted by Crippen LogP contribution is 2.41. The van der Waals surface area contributed by atoms with Crippen molar-refractivity contribution >= 4 is 5.97 Å². The quantitative estimate of drug-likeness (QED) is 0.805. The Balaban J connectivity index is 2.44. The first kappa shape index (κ1) is 16.3. The molecule has 116 valence electrons. The molecule has 0 aliphatic rings. The molecule has 0 fully saturated rings. The van der Waals surface area contributed by atoms with E-state index in [0.29, 0.717) is 6.42 Å². The van der Waals surface area contributed by atoms with Crippen molar-refractivity contribution in [2.45, 2.75) is 38.5 Å². The Kier molecular flexibility index (Phi) is 5.37. The summed E-state index contributed by atoms with van der Waals surface area (Å²) in [5.74, 6) is -1.14. The average Bonchev–Trinajstić information content (AvgIpc) is 2.57. The predicted octanol–water partition coefficient (Wildman–Crippen LogP) is 4.69. The zero-order valence-corrected chi connectivity index (χ0v) is 13.3. The van der Waals surface area contributed by atoms with E-state index in [1.807, 2.05) is 48.5 Å². The summed E-state index contributed by atoms with van der Waals surface area (Å²) < 4.78 is 0. The first-order chi connectivity index (χ1) is 10.6. The van der Waals surface area contributed by atoms with Gasteiger partial charge in [0.1, 0.15) is 0 Å². The molecule has 0 bridgehead atoms. The molecule has 0 aliphatic heterocycles. The number of carboxylic acid groups (broad SMARTS) is 1. The third-order valence-electron chi connectivity index (χ3n) is 4.86. The second kappa shape index (κ2) is 7.26. The summed E-state index contributed by atoms with van der Waals surface area (Å²) in [5.41, 5.74) is 1.88. The SMILES string of the molecule is CCC(CC)(c1ccccc1)C(Cc1ccccc1)C(=O)O. The van der Waals surface area contributed by atoms with Gasteiger partial charge in [0.15, 0.2) is 0 Å². The molecular formula is C20H24O2. The van der Waals surface area contributed by atoms with Gasteiger partial charge in [-0.25, -0.2) is 0 Å². The van der Waals surface area contributed by atoms with Crippen LogP contribution >= 0.6 is 0 Å². The van der Waals surface area contributed by atoms with Crippen LogP contribution in [0.1, 0.15) is 37.8 Å². The maximum Gasteiger partial charge on any atom is 0.307 e. The smallest absolute Gasteiger partial charge is 0.307 e. The monoisotopic (exact) mass is 296 g/mol. The van der Waals surface area contributed by atoms with Crippen molar-refractivity contribution in [2.75, 3.05) is 0 Å². The van der Waals surface area contributed by atoms with E-state index in [2.05, 4.69) is 26.0 Å². The maximum atomic E-state index is 12.0. The van der Waals surface area contributed by atoms with Crippen LogP contribution in [0.15, 0.2) is 60.7 Å². The number of aliphatic carboxylic acids is 1. The highest BCUT2D eigenvalue weighted by Gasteiger charge is 2.41. The number of rotatable bonds is 7. The molecule has 2 heteroatoms. The number of hydrogen-bond acceptors (Lipinski definition) is 1. The number of carboxylic acids is 1. The van der Waals surface area contributed by atoms with E-state index >= 15 is 0 Å². The van der Waals surface area contributed by atoms with Gasteiger partial charge < -0.3 is 5.11 Å². The van der Waals surface area contributed by atoms with Crippen LogP contribution in [0.4, 0.5) is 0 Å². The molecule has 0 saturated heterocycles. The summed E-state index contributed by atoms with van der Waals surface area (Å²) in [6.45, 7) is 4.19. The second-order valence-electron chi connectivity index (χ2n) is 5.81. The molecule has 0 radical (unpaired) electrons. The Morgan fingerprint density at radius 1 is 0.955 bits per heavy atom. The van der Waals surface area contributed by atoms with Gasteiger partial charge in [0, 0.05) is 5.41 Å². The van der Waals surface area contributed by atoms with Crippen LogP contribution in [-0.4, -0.2) is 11.1 Å². The third-order valence-corrected chi connectivity index (χ3v) is 4.86. The molecule has 0 aromatic heterocycles. The molecule has 0 heterocycles. The molecule has 1 N–H and O–H groups in total. The van der Waals surface area contributed by atoms with Crippen molar-refractivity contribution in [3.63, 3.8) is 0 Å². The van der Waals surface area contributed by atoms with E-state index in [9.17, 15) is 9.90 Å². The van der Waals surface area contributed by atoms with E-state index in [0.717, 1.165) is 24.0 Å².